The Hall–Kier alpha value is -0.620. The van der Waals surface area contributed by atoms with Crippen LogP contribution in [0.15, 0.2) is 0 Å². The Morgan fingerprint density at radius 2 is 2.15 bits per heavy atom. The van der Waals surface area contributed by atoms with E-state index < -0.39 is 27.8 Å². The minimum Gasteiger partial charge on any atom is -0.469 e. The Labute approximate surface area is 76.6 Å². The van der Waals surface area contributed by atoms with Crippen molar-refractivity contribution in [3.05, 3.63) is 0 Å². The van der Waals surface area contributed by atoms with Crippen LogP contribution >= 0.6 is 0 Å². The minimum absolute atomic E-state index is 0.0309. The predicted molar refractivity (Wildman–Crippen MR) is 44.8 cm³/mol. The van der Waals surface area contributed by atoms with Crippen LogP contribution in [0.2, 0.25) is 0 Å². The van der Waals surface area contributed by atoms with E-state index in [4.69, 9.17) is 0 Å². The van der Waals surface area contributed by atoms with Crippen LogP contribution in [0.3, 0.4) is 0 Å². The van der Waals surface area contributed by atoms with Gasteiger partial charge in [0.05, 0.1) is 31.1 Å². The summed E-state index contributed by atoms with van der Waals surface area (Å²) in [5.74, 6) is -1.35. The van der Waals surface area contributed by atoms with Gasteiger partial charge < -0.3 is 9.84 Å². The summed E-state index contributed by atoms with van der Waals surface area (Å²) in [7, 11) is -1.92. The van der Waals surface area contributed by atoms with E-state index in [1.807, 2.05) is 0 Å². The van der Waals surface area contributed by atoms with E-state index in [2.05, 4.69) is 4.74 Å². The first-order chi connectivity index (χ1) is 5.94. The molecule has 1 saturated heterocycles. The van der Waals surface area contributed by atoms with Crippen LogP contribution in [0.5, 0.6) is 0 Å². The summed E-state index contributed by atoms with van der Waals surface area (Å²) in [6, 6.07) is 0. The number of aliphatic hydroxyl groups excluding tert-OH is 1. The molecular weight excluding hydrogens is 196 g/mol. The molecule has 1 heterocycles. The molecule has 76 valence electrons. The van der Waals surface area contributed by atoms with Gasteiger partial charge in [0.15, 0.2) is 9.84 Å². The lowest BCUT2D eigenvalue weighted by Crippen LogP contribution is -2.21. The van der Waals surface area contributed by atoms with Gasteiger partial charge in [0.25, 0.3) is 0 Å². The number of hydrogen-bond acceptors (Lipinski definition) is 5. The van der Waals surface area contributed by atoms with Crippen LogP contribution < -0.4 is 0 Å². The average Bonchev–Trinajstić information content (AvgIpc) is 2.24. The molecule has 1 fully saturated rings. The van der Waals surface area contributed by atoms with Crippen molar-refractivity contribution in [2.75, 3.05) is 18.6 Å². The highest BCUT2D eigenvalue weighted by Crippen LogP contribution is 2.22. The summed E-state index contributed by atoms with van der Waals surface area (Å²) < 4.78 is 26.4. The predicted octanol–water partition coefficient (Wildman–Crippen LogP) is -1.04. The van der Waals surface area contributed by atoms with Gasteiger partial charge in [0.2, 0.25) is 0 Å². The minimum atomic E-state index is -3.16. The zero-order valence-corrected chi connectivity index (χ0v) is 8.08. The first-order valence-electron chi connectivity index (χ1n) is 3.90. The third-order valence-corrected chi connectivity index (χ3v) is 3.88. The first kappa shape index (κ1) is 10.5. The SMILES string of the molecule is COC(=O)C[C@H]1CS(=O)(=O)C[C@@H]1O. The lowest BCUT2D eigenvalue weighted by Gasteiger charge is -2.09. The Morgan fingerprint density at radius 1 is 1.54 bits per heavy atom. The third kappa shape index (κ3) is 2.67. The van der Waals surface area contributed by atoms with E-state index in [0.29, 0.717) is 0 Å². The summed E-state index contributed by atoms with van der Waals surface area (Å²) in [5, 5.41) is 9.28. The van der Waals surface area contributed by atoms with Crippen LogP contribution in [-0.2, 0) is 19.4 Å². The zero-order valence-electron chi connectivity index (χ0n) is 7.26. The molecule has 0 aliphatic carbocycles. The van der Waals surface area contributed by atoms with Gasteiger partial charge in [-0.2, -0.15) is 0 Å². The molecule has 0 unspecified atom stereocenters. The lowest BCUT2D eigenvalue weighted by atomic mass is 10.0. The molecule has 1 aliphatic rings. The van der Waals surface area contributed by atoms with Crippen molar-refractivity contribution in [3.63, 3.8) is 0 Å². The second kappa shape index (κ2) is 3.63. The molecule has 1 rings (SSSR count). The number of hydrogen-bond donors (Lipinski definition) is 1. The molecule has 0 bridgehead atoms. The highest BCUT2D eigenvalue weighted by molar-refractivity contribution is 7.91. The molecule has 0 aromatic carbocycles. The van der Waals surface area contributed by atoms with Gasteiger partial charge in [-0.1, -0.05) is 0 Å². The molecule has 0 amide bonds. The number of aliphatic hydroxyl groups is 1. The largest absolute Gasteiger partial charge is 0.469 e. The molecular formula is C7H12O5S. The monoisotopic (exact) mass is 208 g/mol. The molecule has 0 radical (unpaired) electrons. The van der Waals surface area contributed by atoms with E-state index >= 15 is 0 Å². The van der Waals surface area contributed by atoms with Crippen molar-refractivity contribution in [2.45, 2.75) is 12.5 Å². The van der Waals surface area contributed by atoms with Gasteiger partial charge in [-0.25, -0.2) is 8.42 Å². The van der Waals surface area contributed by atoms with Gasteiger partial charge in [-0.15, -0.1) is 0 Å². The fourth-order valence-electron chi connectivity index (χ4n) is 1.39. The number of carbonyl (C=O) groups excluding carboxylic acids is 1. The van der Waals surface area contributed by atoms with Gasteiger partial charge in [-0.3, -0.25) is 4.79 Å². The van der Waals surface area contributed by atoms with Gasteiger partial charge in [0, 0.05) is 5.92 Å². The standard InChI is InChI=1S/C7H12O5S/c1-12-7(9)2-5-3-13(10,11)4-6(5)8/h5-6,8H,2-4H2,1H3/t5-,6-/m0/s1. The van der Waals surface area contributed by atoms with Crippen LogP contribution in [0.4, 0.5) is 0 Å². The Balaban J connectivity index is 2.59. The van der Waals surface area contributed by atoms with Gasteiger partial charge in [0.1, 0.15) is 0 Å². The van der Waals surface area contributed by atoms with Crippen molar-refractivity contribution < 1.29 is 23.1 Å². The molecule has 0 aromatic heterocycles. The zero-order chi connectivity index (χ0) is 10.1. The fourth-order valence-corrected chi connectivity index (χ4v) is 3.31. The van der Waals surface area contributed by atoms with Crippen LogP contribution in [0.25, 0.3) is 0 Å². The molecule has 0 spiro atoms. The average molecular weight is 208 g/mol. The van der Waals surface area contributed by atoms with Crippen molar-refractivity contribution in [1.82, 2.24) is 0 Å². The maximum Gasteiger partial charge on any atom is 0.305 e. The van der Waals surface area contributed by atoms with E-state index in [-0.39, 0.29) is 17.9 Å². The normalized spacial score (nSPS) is 31.5. The summed E-state index contributed by atoms with van der Waals surface area (Å²) in [5.41, 5.74) is 0. The summed E-state index contributed by atoms with van der Waals surface area (Å²) in [6.07, 6.45) is -0.958. The second-order valence-corrected chi connectivity index (χ2v) is 5.34. The van der Waals surface area contributed by atoms with E-state index in [1.54, 1.807) is 0 Å². The Kier molecular flexibility index (Phi) is 2.92. The lowest BCUT2D eigenvalue weighted by molar-refractivity contribution is -0.142. The first-order valence-corrected chi connectivity index (χ1v) is 5.72. The highest BCUT2D eigenvalue weighted by atomic mass is 32.2. The summed E-state index contributed by atoms with van der Waals surface area (Å²) >= 11 is 0. The van der Waals surface area contributed by atoms with Crippen LogP contribution in [-0.4, -0.2) is 44.2 Å². The maximum absolute atomic E-state index is 11.0. The molecule has 5 nitrogen and oxygen atoms in total. The topological polar surface area (TPSA) is 80.7 Å². The van der Waals surface area contributed by atoms with Crippen LogP contribution in [0.1, 0.15) is 6.42 Å². The Morgan fingerprint density at radius 3 is 2.54 bits per heavy atom. The number of ether oxygens (including phenoxy) is 1. The molecule has 2 atom stereocenters. The number of sulfone groups is 1. The number of esters is 1. The smallest absolute Gasteiger partial charge is 0.305 e. The summed E-state index contributed by atoms with van der Waals surface area (Å²) in [6.45, 7) is 0. The number of methoxy groups -OCH3 is 1. The molecule has 6 heteroatoms. The maximum atomic E-state index is 11.0. The number of rotatable bonds is 2. The number of carbonyl (C=O) groups is 1. The Bertz CT molecular complexity index is 294. The second-order valence-electron chi connectivity index (χ2n) is 3.18. The molecule has 1 aliphatic heterocycles. The van der Waals surface area contributed by atoms with Gasteiger partial charge >= 0.3 is 5.97 Å². The quantitative estimate of drug-likeness (QED) is 0.586. The highest BCUT2D eigenvalue weighted by Gasteiger charge is 2.37. The van der Waals surface area contributed by atoms with Crippen molar-refractivity contribution >= 4 is 15.8 Å². The molecule has 1 N–H and O–H groups in total. The molecule has 0 saturated carbocycles. The van der Waals surface area contributed by atoms with Crippen molar-refractivity contribution in [2.24, 2.45) is 5.92 Å². The molecule has 0 aromatic rings. The molecule has 13 heavy (non-hydrogen) atoms. The van der Waals surface area contributed by atoms with Crippen LogP contribution in [0, 0.1) is 5.92 Å². The van der Waals surface area contributed by atoms with E-state index in [1.165, 1.54) is 7.11 Å². The summed E-state index contributed by atoms with van der Waals surface area (Å²) in [4.78, 5) is 10.8. The van der Waals surface area contributed by atoms with E-state index in [9.17, 15) is 18.3 Å². The van der Waals surface area contributed by atoms with Crippen molar-refractivity contribution in [3.8, 4) is 0 Å². The van der Waals surface area contributed by atoms with E-state index in [0.717, 1.165) is 0 Å². The third-order valence-electron chi connectivity index (χ3n) is 2.09. The van der Waals surface area contributed by atoms with Crippen molar-refractivity contribution in [1.29, 1.82) is 0 Å². The fraction of sp³-hybridized carbons (Fsp3) is 0.857. The van der Waals surface area contributed by atoms with Gasteiger partial charge in [-0.05, 0) is 0 Å².